The van der Waals surface area contributed by atoms with Gasteiger partial charge in [0.15, 0.2) is 0 Å². The number of carbonyl (C=O) groups is 1. The third-order valence-electron chi connectivity index (χ3n) is 2.48. The summed E-state index contributed by atoms with van der Waals surface area (Å²) in [5.74, 6) is 0.0566. The van der Waals surface area contributed by atoms with Gasteiger partial charge in [-0.25, -0.2) is 0 Å². The molecule has 3 nitrogen and oxygen atoms in total. The number of alkyl halides is 3. The smallest absolute Gasteiger partial charge is 0.329 e. The second-order valence-electron chi connectivity index (χ2n) is 4.25. The minimum absolute atomic E-state index is 0.0413. The molecule has 98 valence electrons. The Morgan fingerprint density at radius 3 is 2.59 bits per heavy atom. The molecule has 0 unspecified atom stereocenters. The highest BCUT2D eigenvalue weighted by Crippen LogP contribution is 2.27. The van der Waals surface area contributed by atoms with Crippen LogP contribution < -0.4 is 5.32 Å². The van der Waals surface area contributed by atoms with Crippen LogP contribution in [0.2, 0.25) is 0 Å². The summed E-state index contributed by atoms with van der Waals surface area (Å²) in [6, 6.07) is 0. The standard InChI is InChI=1S/C11H17F3N2O/c1-2-5-16(8-11(12,13)14)10(17)7-15-6-9-3-4-9/h2,9,15H,1,3-8H2. The van der Waals surface area contributed by atoms with Crippen LogP contribution in [0.5, 0.6) is 0 Å². The zero-order chi connectivity index (χ0) is 12.9. The molecule has 0 aromatic carbocycles. The van der Waals surface area contributed by atoms with Crippen LogP contribution in [0.3, 0.4) is 0 Å². The average Bonchev–Trinajstić information content (AvgIpc) is 2.99. The number of nitrogens with zero attached hydrogens (tertiary/aromatic N) is 1. The van der Waals surface area contributed by atoms with Gasteiger partial charge in [0, 0.05) is 6.54 Å². The van der Waals surface area contributed by atoms with Crippen molar-refractivity contribution in [1.82, 2.24) is 10.2 Å². The Labute approximate surface area is 98.7 Å². The summed E-state index contributed by atoms with van der Waals surface area (Å²) in [7, 11) is 0. The normalized spacial score (nSPS) is 15.7. The first-order valence-corrected chi connectivity index (χ1v) is 5.58. The van der Waals surface area contributed by atoms with Gasteiger partial charge in [-0.05, 0) is 25.3 Å². The molecule has 1 saturated carbocycles. The van der Waals surface area contributed by atoms with Gasteiger partial charge in [-0.2, -0.15) is 13.2 Å². The topological polar surface area (TPSA) is 32.3 Å². The molecule has 17 heavy (non-hydrogen) atoms. The zero-order valence-corrected chi connectivity index (χ0v) is 9.59. The monoisotopic (exact) mass is 250 g/mol. The summed E-state index contributed by atoms with van der Waals surface area (Å²) in [6.07, 6.45) is -0.792. The van der Waals surface area contributed by atoms with E-state index in [1.165, 1.54) is 6.08 Å². The van der Waals surface area contributed by atoms with Crippen LogP contribution >= 0.6 is 0 Å². The molecule has 1 fully saturated rings. The molecule has 1 rings (SSSR count). The van der Waals surface area contributed by atoms with E-state index in [2.05, 4.69) is 11.9 Å². The van der Waals surface area contributed by atoms with Crippen LogP contribution in [0.4, 0.5) is 13.2 Å². The highest BCUT2D eigenvalue weighted by Gasteiger charge is 2.32. The number of hydrogen-bond donors (Lipinski definition) is 1. The third-order valence-corrected chi connectivity index (χ3v) is 2.48. The van der Waals surface area contributed by atoms with Crippen molar-refractivity contribution in [3.05, 3.63) is 12.7 Å². The van der Waals surface area contributed by atoms with Gasteiger partial charge in [-0.15, -0.1) is 6.58 Å². The summed E-state index contributed by atoms with van der Waals surface area (Å²) in [6.45, 7) is 2.72. The maximum atomic E-state index is 12.2. The van der Waals surface area contributed by atoms with Gasteiger partial charge < -0.3 is 10.2 Å². The van der Waals surface area contributed by atoms with Crippen molar-refractivity contribution in [3.8, 4) is 0 Å². The minimum atomic E-state index is -4.37. The first-order chi connectivity index (χ1) is 7.92. The molecule has 0 bridgehead atoms. The fourth-order valence-electron chi connectivity index (χ4n) is 1.44. The van der Waals surface area contributed by atoms with E-state index in [9.17, 15) is 18.0 Å². The summed E-state index contributed by atoms with van der Waals surface area (Å²) in [4.78, 5) is 12.3. The first-order valence-electron chi connectivity index (χ1n) is 5.58. The Kier molecular flexibility index (Phi) is 4.99. The maximum absolute atomic E-state index is 12.2. The lowest BCUT2D eigenvalue weighted by atomic mass is 10.4. The van der Waals surface area contributed by atoms with Gasteiger partial charge in [-0.1, -0.05) is 6.08 Å². The van der Waals surface area contributed by atoms with Crippen LogP contribution in [0, 0.1) is 5.92 Å². The summed E-state index contributed by atoms with van der Waals surface area (Å²) < 4.78 is 36.6. The first kappa shape index (κ1) is 14.0. The molecule has 0 radical (unpaired) electrons. The predicted octanol–water partition coefficient (Wildman–Crippen LogP) is 1.56. The molecule has 0 atom stereocenters. The lowest BCUT2D eigenvalue weighted by Crippen LogP contribution is -2.43. The molecule has 0 saturated heterocycles. The summed E-state index contributed by atoms with van der Waals surface area (Å²) in [5, 5.41) is 2.88. The SMILES string of the molecule is C=CCN(CC(F)(F)F)C(=O)CNCC1CC1. The second-order valence-corrected chi connectivity index (χ2v) is 4.25. The van der Waals surface area contributed by atoms with E-state index in [-0.39, 0.29) is 13.1 Å². The highest BCUT2D eigenvalue weighted by atomic mass is 19.4. The molecule has 1 aliphatic rings. The number of carbonyl (C=O) groups excluding carboxylic acids is 1. The second kappa shape index (κ2) is 6.05. The van der Waals surface area contributed by atoms with Crippen LogP contribution in [0.1, 0.15) is 12.8 Å². The van der Waals surface area contributed by atoms with Gasteiger partial charge in [-0.3, -0.25) is 4.79 Å². The highest BCUT2D eigenvalue weighted by molar-refractivity contribution is 5.78. The number of hydrogen-bond acceptors (Lipinski definition) is 2. The Hall–Kier alpha value is -1.04. The fraction of sp³-hybridized carbons (Fsp3) is 0.727. The Morgan fingerprint density at radius 2 is 2.12 bits per heavy atom. The molecule has 0 aromatic rings. The van der Waals surface area contributed by atoms with E-state index in [4.69, 9.17) is 0 Å². The molecule has 0 aliphatic heterocycles. The van der Waals surface area contributed by atoms with Crippen LogP contribution in [-0.2, 0) is 4.79 Å². The predicted molar refractivity (Wildman–Crippen MR) is 58.4 cm³/mol. The maximum Gasteiger partial charge on any atom is 0.406 e. The Morgan fingerprint density at radius 1 is 1.47 bits per heavy atom. The van der Waals surface area contributed by atoms with Crippen molar-refractivity contribution in [2.75, 3.05) is 26.2 Å². The average molecular weight is 250 g/mol. The van der Waals surface area contributed by atoms with Crippen molar-refractivity contribution < 1.29 is 18.0 Å². The van der Waals surface area contributed by atoms with Crippen molar-refractivity contribution in [2.24, 2.45) is 5.92 Å². The number of rotatable bonds is 7. The Bertz CT molecular complexity index is 274. The van der Waals surface area contributed by atoms with Gasteiger partial charge in [0.05, 0.1) is 6.54 Å². The van der Waals surface area contributed by atoms with E-state index < -0.39 is 18.6 Å². The lowest BCUT2D eigenvalue weighted by molar-refractivity contribution is -0.159. The summed E-state index contributed by atoms with van der Waals surface area (Å²) in [5.41, 5.74) is 0. The van der Waals surface area contributed by atoms with Crippen molar-refractivity contribution in [3.63, 3.8) is 0 Å². The van der Waals surface area contributed by atoms with Crippen molar-refractivity contribution in [2.45, 2.75) is 19.0 Å². The molecular weight excluding hydrogens is 233 g/mol. The van der Waals surface area contributed by atoms with E-state index in [1.54, 1.807) is 0 Å². The zero-order valence-electron chi connectivity index (χ0n) is 9.59. The van der Waals surface area contributed by atoms with Gasteiger partial charge in [0.1, 0.15) is 6.54 Å². The number of amides is 1. The largest absolute Gasteiger partial charge is 0.406 e. The van der Waals surface area contributed by atoms with Crippen molar-refractivity contribution >= 4 is 5.91 Å². The van der Waals surface area contributed by atoms with E-state index in [0.29, 0.717) is 12.5 Å². The molecule has 1 amide bonds. The molecule has 1 aliphatic carbocycles. The minimum Gasteiger partial charge on any atom is -0.329 e. The summed E-state index contributed by atoms with van der Waals surface area (Å²) >= 11 is 0. The van der Waals surface area contributed by atoms with Crippen molar-refractivity contribution in [1.29, 1.82) is 0 Å². The Balaban J connectivity index is 2.32. The molecule has 1 N–H and O–H groups in total. The molecular formula is C11H17F3N2O. The van der Waals surface area contributed by atoms with Gasteiger partial charge in [0.25, 0.3) is 0 Å². The van der Waals surface area contributed by atoms with E-state index in [1.807, 2.05) is 0 Å². The molecule has 0 spiro atoms. The van der Waals surface area contributed by atoms with Gasteiger partial charge >= 0.3 is 6.18 Å². The number of halogens is 3. The van der Waals surface area contributed by atoms with Crippen LogP contribution in [0.15, 0.2) is 12.7 Å². The van der Waals surface area contributed by atoms with Crippen LogP contribution in [0.25, 0.3) is 0 Å². The van der Waals surface area contributed by atoms with E-state index >= 15 is 0 Å². The fourth-order valence-corrected chi connectivity index (χ4v) is 1.44. The van der Waals surface area contributed by atoms with E-state index in [0.717, 1.165) is 17.7 Å². The quantitative estimate of drug-likeness (QED) is 0.695. The molecule has 0 aromatic heterocycles. The lowest BCUT2D eigenvalue weighted by Gasteiger charge is -2.22. The number of nitrogens with one attached hydrogen (secondary N) is 1. The van der Waals surface area contributed by atoms with Crippen LogP contribution in [-0.4, -0.2) is 43.2 Å². The van der Waals surface area contributed by atoms with Gasteiger partial charge in [0.2, 0.25) is 5.91 Å². The third kappa shape index (κ3) is 6.31. The molecule has 6 heteroatoms. The molecule has 0 heterocycles.